The predicted octanol–water partition coefficient (Wildman–Crippen LogP) is -0.0597. The molecule has 1 aliphatic heterocycles. The van der Waals surface area contributed by atoms with Crippen LogP contribution in [-0.2, 0) is 0 Å². The smallest absolute Gasteiger partial charge is 0.273 e. The van der Waals surface area contributed by atoms with E-state index >= 15 is 0 Å². The van der Waals surface area contributed by atoms with Crippen molar-refractivity contribution in [3.05, 3.63) is 17.6 Å². The molecule has 0 radical (unpaired) electrons. The number of hydrogen-bond acceptors (Lipinski definition) is 4. The van der Waals surface area contributed by atoms with E-state index < -0.39 is 0 Å². The molecule has 1 amide bonds. The second-order valence-corrected chi connectivity index (χ2v) is 2.89. The highest BCUT2D eigenvalue weighted by Crippen LogP contribution is 2.11. The van der Waals surface area contributed by atoms with Crippen LogP contribution in [0.15, 0.2) is 6.20 Å². The van der Waals surface area contributed by atoms with Gasteiger partial charge in [0.25, 0.3) is 5.91 Å². The Morgan fingerprint density at radius 2 is 2.15 bits per heavy atom. The molecule has 0 saturated carbocycles. The Balaban J connectivity index is 2.48. The third-order valence-corrected chi connectivity index (χ3v) is 1.81. The number of nitrogens with zero attached hydrogens (tertiary/aromatic N) is 2. The Morgan fingerprint density at radius 3 is 3.00 bits per heavy atom. The summed E-state index contributed by atoms with van der Waals surface area (Å²) in [5.41, 5.74) is 1.18. The maximum atomic E-state index is 11.4. The lowest BCUT2D eigenvalue weighted by atomic mass is 10.3. The van der Waals surface area contributed by atoms with Gasteiger partial charge in [0, 0.05) is 19.3 Å². The summed E-state index contributed by atoms with van der Waals surface area (Å²) in [5, 5.41) is 5.76. The molecule has 2 N–H and O–H groups in total. The molecule has 1 aromatic heterocycles. The standard InChI is InChI=1S/C8H10N4O/c1-5-4-11-6-7(12-5)9-2-3-10-8(6)13/h4H,2-3H2,1H3,(H,9,12)(H,10,13). The first-order valence-corrected chi connectivity index (χ1v) is 4.13. The van der Waals surface area contributed by atoms with Gasteiger partial charge in [-0.3, -0.25) is 4.79 Å². The first-order valence-electron chi connectivity index (χ1n) is 4.13. The van der Waals surface area contributed by atoms with Crippen LogP contribution in [0.1, 0.15) is 16.2 Å². The van der Waals surface area contributed by atoms with Gasteiger partial charge in [0.1, 0.15) is 0 Å². The van der Waals surface area contributed by atoms with E-state index in [2.05, 4.69) is 20.6 Å². The van der Waals surface area contributed by atoms with Crippen molar-refractivity contribution in [3.63, 3.8) is 0 Å². The summed E-state index contributed by atoms with van der Waals surface area (Å²) in [6.07, 6.45) is 1.59. The van der Waals surface area contributed by atoms with E-state index in [0.29, 0.717) is 24.6 Å². The normalized spacial score (nSPS) is 15.3. The Bertz CT molecular complexity index is 350. The highest BCUT2D eigenvalue weighted by atomic mass is 16.1. The molecule has 13 heavy (non-hydrogen) atoms. The molecule has 0 spiro atoms. The zero-order valence-corrected chi connectivity index (χ0v) is 7.29. The average molecular weight is 178 g/mol. The zero-order valence-electron chi connectivity index (χ0n) is 7.29. The van der Waals surface area contributed by atoms with Crippen LogP contribution in [0.4, 0.5) is 5.82 Å². The highest BCUT2D eigenvalue weighted by molar-refractivity contribution is 5.97. The van der Waals surface area contributed by atoms with E-state index in [-0.39, 0.29) is 5.91 Å². The maximum absolute atomic E-state index is 11.4. The second-order valence-electron chi connectivity index (χ2n) is 2.89. The number of fused-ring (bicyclic) bond motifs is 1. The van der Waals surface area contributed by atoms with Gasteiger partial charge in [0.2, 0.25) is 0 Å². The van der Waals surface area contributed by atoms with E-state index in [1.807, 2.05) is 6.92 Å². The number of nitrogens with one attached hydrogen (secondary N) is 2. The van der Waals surface area contributed by atoms with Crippen LogP contribution < -0.4 is 10.6 Å². The summed E-state index contributed by atoms with van der Waals surface area (Å²) >= 11 is 0. The van der Waals surface area contributed by atoms with Crippen molar-refractivity contribution < 1.29 is 4.79 Å². The molecule has 0 atom stereocenters. The molecule has 68 valence electrons. The molecule has 0 saturated heterocycles. The maximum Gasteiger partial charge on any atom is 0.273 e. The molecular weight excluding hydrogens is 168 g/mol. The third-order valence-electron chi connectivity index (χ3n) is 1.81. The molecule has 2 rings (SSSR count). The van der Waals surface area contributed by atoms with Crippen LogP contribution in [0, 0.1) is 6.92 Å². The monoisotopic (exact) mass is 178 g/mol. The fraction of sp³-hybridized carbons (Fsp3) is 0.375. The Labute approximate surface area is 75.6 Å². The van der Waals surface area contributed by atoms with Crippen molar-refractivity contribution in [3.8, 4) is 0 Å². The number of carbonyl (C=O) groups excluding carboxylic acids is 1. The lowest BCUT2D eigenvalue weighted by Gasteiger charge is -2.03. The Hall–Kier alpha value is -1.65. The van der Waals surface area contributed by atoms with E-state index in [4.69, 9.17) is 0 Å². The van der Waals surface area contributed by atoms with Gasteiger partial charge in [0.05, 0.1) is 5.69 Å². The topological polar surface area (TPSA) is 66.9 Å². The molecule has 0 unspecified atom stereocenters. The summed E-state index contributed by atoms with van der Waals surface area (Å²) in [7, 11) is 0. The number of hydrogen-bond donors (Lipinski definition) is 2. The van der Waals surface area contributed by atoms with Crippen LogP contribution >= 0.6 is 0 Å². The van der Waals surface area contributed by atoms with Crippen molar-refractivity contribution in [1.29, 1.82) is 0 Å². The number of aromatic nitrogens is 2. The quantitative estimate of drug-likeness (QED) is 0.584. The van der Waals surface area contributed by atoms with Gasteiger partial charge in [0.15, 0.2) is 11.5 Å². The average Bonchev–Trinajstić information content (AvgIpc) is 2.28. The fourth-order valence-corrected chi connectivity index (χ4v) is 1.21. The molecule has 5 heteroatoms. The third kappa shape index (κ3) is 1.44. The van der Waals surface area contributed by atoms with E-state index in [1.165, 1.54) is 0 Å². The summed E-state index contributed by atoms with van der Waals surface area (Å²) in [4.78, 5) is 19.6. The van der Waals surface area contributed by atoms with Crippen molar-refractivity contribution >= 4 is 11.7 Å². The molecule has 0 fully saturated rings. The van der Waals surface area contributed by atoms with Crippen LogP contribution in [0.3, 0.4) is 0 Å². The largest absolute Gasteiger partial charge is 0.366 e. The molecule has 2 heterocycles. The lowest BCUT2D eigenvalue weighted by Crippen LogP contribution is -2.25. The van der Waals surface area contributed by atoms with E-state index in [0.717, 1.165) is 5.69 Å². The molecule has 0 aliphatic carbocycles. The van der Waals surface area contributed by atoms with Crippen LogP contribution in [0.25, 0.3) is 0 Å². The fourth-order valence-electron chi connectivity index (χ4n) is 1.21. The van der Waals surface area contributed by atoms with Crippen molar-refractivity contribution in [2.45, 2.75) is 6.92 Å². The van der Waals surface area contributed by atoms with E-state index in [1.54, 1.807) is 6.20 Å². The van der Waals surface area contributed by atoms with Gasteiger partial charge >= 0.3 is 0 Å². The molecular formula is C8H10N4O. The number of anilines is 1. The van der Waals surface area contributed by atoms with Crippen LogP contribution in [0.5, 0.6) is 0 Å². The first-order chi connectivity index (χ1) is 6.27. The first kappa shape index (κ1) is 7.97. The molecule has 1 aliphatic rings. The summed E-state index contributed by atoms with van der Waals surface area (Å²) < 4.78 is 0. The summed E-state index contributed by atoms with van der Waals surface area (Å²) in [5.74, 6) is 0.419. The van der Waals surface area contributed by atoms with Crippen molar-refractivity contribution in [2.75, 3.05) is 18.4 Å². The molecule has 1 aromatic rings. The van der Waals surface area contributed by atoms with Crippen LogP contribution in [0.2, 0.25) is 0 Å². The number of aryl methyl sites for hydroxylation is 1. The molecule has 0 aromatic carbocycles. The SMILES string of the molecule is Cc1cnc2c(n1)NCCNC2=O. The van der Waals surface area contributed by atoms with Gasteiger partial charge in [-0.25, -0.2) is 9.97 Å². The summed E-state index contributed by atoms with van der Waals surface area (Å²) in [6.45, 7) is 3.14. The van der Waals surface area contributed by atoms with Crippen LogP contribution in [-0.4, -0.2) is 29.0 Å². The minimum Gasteiger partial charge on any atom is -0.366 e. The Morgan fingerprint density at radius 1 is 1.38 bits per heavy atom. The lowest BCUT2D eigenvalue weighted by molar-refractivity contribution is 0.0953. The number of carbonyl (C=O) groups is 1. The van der Waals surface area contributed by atoms with Gasteiger partial charge in [-0.1, -0.05) is 0 Å². The number of amides is 1. The van der Waals surface area contributed by atoms with Gasteiger partial charge in [-0.15, -0.1) is 0 Å². The van der Waals surface area contributed by atoms with Gasteiger partial charge in [-0.05, 0) is 6.92 Å². The zero-order chi connectivity index (χ0) is 9.26. The molecule has 0 bridgehead atoms. The molecule has 5 nitrogen and oxygen atoms in total. The highest BCUT2D eigenvalue weighted by Gasteiger charge is 2.16. The van der Waals surface area contributed by atoms with Crippen molar-refractivity contribution in [1.82, 2.24) is 15.3 Å². The predicted molar refractivity (Wildman–Crippen MR) is 47.6 cm³/mol. The van der Waals surface area contributed by atoms with Gasteiger partial charge < -0.3 is 10.6 Å². The van der Waals surface area contributed by atoms with Crippen molar-refractivity contribution in [2.24, 2.45) is 0 Å². The Kier molecular flexibility index (Phi) is 1.84. The number of rotatable bonds is 0. The second kappa shape index (κ2) is 3.01. The van der Waals surface area contributed by atoms with Gasteiger partial charge in [-0.2, -0.15) is 0 Å². The minimum atomic E-state index is -0.160. The van der Waals surface area contributed by atoms with E-state index in [9.17, 15) is 4.79 Å². The summed E-state index contributed by atoms with van der Waals surface area (Å²) in [6, 6.07) is 0. The minimum absolute atomic E-state index is 0.160.